The smallest absolute Gasteiger partial charge is 0.212 e. The lowest BCUT2D eigenvalue weighted by Crippen LogP contribution is -2.28. The first-order valence-corrected chi connectivity index (χ1v) is 10.8. The molecule has 8 nitrogen and oxygen atoms in total. The molecule has 32 heavy (non-hydrogen) atoms. The highest BCUT2D eigenvalue weighted by Gasteiger charge is 2.23. The summed E-state index contributed by atoms with van der Waals surface area (Å²) in [6, 6.07) is 7.30. The molecule has 166 valence electrons. The molecule has 0 aliphatic heterocycles. The molecule has 1 aliphatic carbocycles. The van der Waals surface area contributed by atoms with E-state index in [1.54, 1.807) is 25.6 Å². The number of anilines is 1. The monoisotopic (exact) mass is 433 g/mol. The summed E-state index contributed by atoms with van der Waals surface area (Å²) in [5, 5.41) is 0. The van der Waals surface area contributed by atoms with Crippen molar-refractivity contribution in [1.82, 2.24) is 19.9 Å². The largest absolute Gasteiger partial charge is 0.494 e. The number of carbonyl (C=O) groups is 1. The molecule has 1 aliphatic rings. The van der Waals surface area contributed by atoms with Crippen molar-refractivity contribution in [3.05, 3.63) is 53.5 Å². The average molecular weight is 434 g/mol. The Kier molecular flexibility index (Phi) is 6.58. The predicted octanol–water partition coefficient (Wildman–Crippen LogP) is 3.08. The van der Waals surface area contributed by atoms with Crippen molar-refractivity contribution in [1.29, 1.82) is 0 Å². The van der Waals surface area contributed by atoms with E-state index in [4.69, 9.17) is 19.4 Å². The van der Waals surface area contributed by atoms with Crippen molar-refractivity contribution in [2.24, 2.45) is 0 Å². The number of Topliss-reactive ketones (excluding diaryl/α,β-unsaturated/α-hetero) is 1. The van der Waals surface area contributed by atoms with E-state index in [0.29, 0.717) is 30.4 Å². The lowest BCUT2D eigenvalue weighted by Gasteiger charge is -2.21. The van der Waals surface area contributed by atoms with Crippen LogP contribution in [0.2, 0.25) is 0 Å². The highest BCUT2D eigenvalue weighted by atomic mass is 16.5. The second kappa shape index (κ2) is 9.72. The van der Waals surface area contributed by atoms with Gasteiger partial charge in [0.25, 0.3) is 0 Å². The molecule has 4 rings (SSSR count). The van der Waals surface area contributed by atoms with Gasteiger partial charge in [0.15, 0.2) is 11.6 Å². The van der Waals surface area contributed by atoms with Crippen LogP contribution < -0.4 is 14.4 Å². The Bertz CT molecular complexity index is 1100. The molecule has 8 heteroatoms. The van der Waals surface area contributed by atoms with Gasteiger partial charge in [0.2, 0.25) is 5.88 Å². The Morgan fingerprint density at radius 2 is 2.03 bits per heavy atom. The number of ketones is 1. The summed E-state index contributed by atoms with van der Waals surface area (Å²) in [6.07, 6.45) is 6.53. The lowest BCUT2D eigenvalue weighted by atomic mass is 10.1. The van der Waals surface area contributed by atoms with Crippen LogP contribution in [0.3, 0.4) is 0 Å². The van der Waals surface area contributed by atoms with Crippen molar-refractivity contribution in [3.8, 4) is 23.1 Å². The number of likely N-dealkylation sites (N-methyl/N-ethyl adjacent to an activating group) is 1. The maximum absolute atomic E-state index is 12.7. The van der Waals surface area contributed by atoms with Gasteiger partial charge in [-0.25, -0.2) is 15.0 Å². The van der Waals surface area contributed by atoms with Gasteiger partial charge in [0.1, 0.15) is 17.3 Å². The van der Waals surface area contributed by atoms with E-state index in [2.05, 4.69) is 9.97 Å². The standard InChI is InChI=1S/C24H27N5O3/c1-4-32-18-10-11-25-21(13-18)23-27-20-7-5-6-19(20)24(28-23)29(2)15-17(30)12-16-8-9-22(31-3)26-14-16/h8-11,13-14H,4-7,12,15H2,1-3H3. The zero-order chi connectivity index (χ0) is 22.5. The van der Waals surface area contributed by atoms with Crippen LogP contribution in [0.4, 0.5) is 5.82 Å². The third kappa shape index (κ3) is 4.85. The summed E-state index contributed by atoms with van der Waals surface area (Å²) in [7, 11) is 3.47. The summed E-state index contributed by atoms with van der Waals surface area (Å²) in [6.45, 7) is 2.77. The lowest BCUT2D eigenvalue weighted by molar-refractivity contribution is -0.117. The molecule has 0 spiro atoms. The number of fused-ring (bicyclic) bond motifs is 1. The Morgan fingerprint density at radius 1 is 1.16 bits per heavy atom. The minimum atomic E-state index is 0.0860. The molecule has 3 aromatic rings. The minimum absolute atomic E-state index is 0.0860. The van der Waals surface area contributed by atoms with Crippen LogP contribution in [0, 0.1) is 0 Å². The molecule has 0 saturated heterocycles. The number of aromatic nitrogens is 4. The molecule has 3 heterocycles. The van der Waals surface area contributed by atoms with Crippen LogP contribution in [-0.2, 0) is 24.1 Å². The zero-order valence-electron chi connectivity index (χ0n) is 18.7. The predicted molar refractivity (Wildman–Crippen MR) is 121 cm³/mol. The fraction of sp³-hybridized carbons (Fsp3) is 0.375. The van der Waals surface area contributed by atoms with Crippen molar-refractivity contribution >= 4 is 11.6 Å². The molecule has 0 fully saturated rings. The number of hydrogen-bond acceptors (Lipinski definition) is 8. The van der Waals surface area contributed by atoms with Crippen LogP contribution in [0.15, 0.2) is 36.7 Å². The topological polar surface area (TPSA) is 90.3 Å². The molecule has 0 radical (unpaired) electrons. The highest BCUT2D eigenvalue weighted by molar-refractivity contribution is 5.85. The fourth-order valence-electron chi connectivity index (χ4n) is 3.89. The number of aryl methyl sites for hydroxylation is 1. The van der Waals surface area contributed by atoms with E-state index in [0.717, 1.165) is 47.7 Å². The number of methoxy groups -OCH3 is 1. The molecular weight excluding hydrogens is 406 g/mol. The molecule has 0 bridgehead atoms. The Balaban J connectivity index is 1.55. The number of carbonyl (C=O) groups excluding carboxylic acids is 1. The maximum Gasteiger partial charge on any atom is 0.212 e. The first-order chi connectivity index (χ1) is 15.6. The SMILES string of the molecule is CCOc1ccnc(-c2nc3c(c(N(C)CC(=O)Cc4ccc(OC)nc4)n2)CCC3)c1. The van der Waals surface area contributed by atoms with Gasteiger partial charge in [-0.3, -0.25) is 9.78 Å². The number of pyridine rings is 2. The van der Waals surface area contributed by atoms with Gasteiger partial charge >= 0.3 is 0 Å². The molecule has 0 atom stereocenters. The number of ether oxygens (including phenoxy) is 2. The van der Waals surface area contributed by atoms with Gasteiger partial charge < -0.3 is 14.4 Å². The van der Waals surface area contributed by atoms with E-state index < -0.39 is 0 Å². The van der Waals surface area contributed by atoms with Gasteiger partial charge in [-0.15, -0.1) is 0 Å². The van der Waals surface area contributed by atoms with Gasteiger partial charge in [-0.2, -0.15) is 0 Å². The van der Waals surface area contributed by atoms with E-state index in [1.165, 1.54) is 0 Å². The van der Waals surface area contributed by atoms with Crippen LogP contribution in [0.5, 0.6) is 11.6 Å². The van der Waals surface area contributed by atoms with Gasteiger partial charge in [-0.05, 0) is 37.8 Å². The molecule has 0 amide bonds. The normalized spacial score (nSPS) is 12.3. The van der Waals surface area contributed by atoms with E-state index in [-0.39, 0.29) is 12.3 Å². The second-order valence-electron chi connectivity index (χ2n) is 7.74. The number of nitrogens with zero attached hydrogens (tertiary/aromatic N) is 5. The van der Waals surface area contributed by atoms with Crippen LogP contribution >= 0.6 is 0 Å². The molecule has 0 aromatic carbocycles. The Morgan fingerprint density at radius 3 is 2.78 bits per heavy atom. The Labute approximate surface area is 187 Å². The van der Waals surface area contributed by atoms with Crippen molar-refractivity contribution < 1.29 is 14.3 Å². The highest BCUT2D eigenvalue weighted by Crippen LogP contribution is 2.31. The summed E-state index contributed by atoms with van der Waals surface area (Å²) >= 11 is 0. The van der Waals surface area contributed by atoms with Gasteiger partial charge in [-0.1, -0.05) is 6.07 Å². The summed E-state index contributed by atoms with van der Waals surface area (Å²) in [4.78, 5) is 32.9. The molecular formula is C24H27N5O3. The van der Waals surface area contributed by atoms with Crippen LogP contribution in [0.1, 0.15) is 30.2 Å². The van der Waals surface area contributed by atoms with Gasteiger partial charge in [0, 0.05) is 49.3 Å². The number of rotatable bonds is 9. The van der Waals surface area contributed by atoms with Crippen molar-refractivity contribution in [3.63, 3.8) is 0 Å². The third-order valence-electron chi connectivity index (χ3n) is 5.37. The first kappa shape index (κ1) is 21.7. The Hall–Kier alpha value is -3.55. The summed E-state index contributed by atoms with van der Waals surface area (Å²) < 4.78 is 10.7. The molecule has 0 unspecified atom stereocenters. The first-order valence-electron chi connectivity index (χ1n) is 10.8. The van der Waals surface area contributed by atoms with Crippen LogP contribution in [-0.4, -0.2) is 53.0 Å². The minimum Gasteiger partial charge on any atom is -0.494 e. The van der Waals surface area contributed by atoms with E-state index in [1.807, 2.05) is 37.1 Å². The molecule has 3 aromatic heterocycles. The zero-order valence-corrected chi connectivity index (χ0v) is 18.7. The van der Waals surface area contributed by atoms with Crippen molar-refractivity contribution in [2.45, 2.75) is 32.6 Å². The average Bonchev–Trinajstić information content (AvgIpc) is 3.28. The van der Waals surface area contributed by atoms with E-state index in [9.17, 15) is 4.79 Å². The summed E-state index contributed by atoms with van der Waals surface area (Å²) in [5.41, 5.74) is 3.68. The maximum atomic E-state index is 12.7. The fourth-order valence-corrected chi connectivity index (χ4v) is 3.89. The quantitative estimate of drug-likeness (QED) is 0.509. The van der Waals surface area contributed by atoms with Crippen molar-refractivity contribution in [2.75, 3.05) is 32.2 Å². The second-order valence-corrected chi connectivity index (χ2v) is 7.74. The molecule has 0 N–H and O–H groups in total. The number of hydrogen-bond donors (Lipinski definition) is 0. The van der Waals surface area contributed by atoms with Gasteiger partial charge in [0.05, 0.1) is 20.3 Å². The van der Waals surface area contributed by atoms with Crippen LogP contribution in [0.25, 0.3) is 11.5 Å². The van der Waals surface area contributed by atoms with E-state index >= 15 is 0 Å². The molecule has 0 saturated carbocycles. The summed E-state index contributed by atoms with van der Waals surface area (Å²) in [5.74, 6) is 2.71. The third-order valence-corrected chi connectivity index (χ3v) is 5.37.